The van der Waals surface area contributed by atoms with Crippen LogP contribution in [0.2, 0.25) is 5.02 Å². The molecule has 1 amide bonds. The van der Waals surface area contributed by atoms with Crippen LogP contribution in [0.5, 0.6) is 11.5 Å². The maximum atomic E-state index is 13.5. The summed E-state index contributed by atoms with van der Waals surface area (Å²) in [4.78, 5) is 23.0. The lowest BCUT2D eigenvalue weighted by atomic mass is 9.92. The van der Waals surface area contributed by atoms with E-state index in [1.807, 2.05) is 78.7 Å². The molecule has 0 spiro atoms. The van der Waals surface area contributed by atoms with Gasteiger partial charge in [-0.3, -0.25) is 14.9 Å². The molecule has 0 saturated carbocycles. The second-order valence-corrected chi connectivity index (χ2v) is 10.2. The zero-order valence-corrected chi connectivity index (χ0v) is 22.4. The van der Waals surface area contributed by atoms with E-state index < -0.39 is 0 Å². The monoisotopic (exact) mass is 543 g/mol. The van der Waals surface area contributed by atoms with Gasteiger partial charge in [-0.15, -0.1) is 0 Å². The normalized spacial score (nSPS) is 16.5. The van der Waals surface area contributed by atoms with Crippen molar-refractivity contribution in [2.75, 3.05) is 26.4 Å². The number of rotatable bonds is 7. The van der Waals surface area contributed by atoms with Crippen LogP contribution in [-0.4, -0.2) is 53.7 Å². The molecule has 200 valence electrons. The van der Waals surface area contributed by atoms with Gasteiger partial charge in [-0.1, -0.05) is 41.4 Å². The van der Waals surface area contributed by atoms with Crippen LogP contribution in [0.1, 0.15) is 34.8 Å². The number of aromatic amines is 1. The maximum Gasteiger partial charge on any atom is 0.416 e. The fourth-order valence-electron chi connectivity index (χ4n) is 5.19. The minimum absolute atomic E-state index is 0.340. The molecule has 1 unspecified atom stereocenters. The molecule has 4 aromatic rings. The average molecular weight is 544 g/mol. The molecule has 8 nitrogen and oxygen atoms in total. The van der Waals surface area contributed by atoms with Crippen molar-refractivity contribution in [1.82, 2.24) is 20.3 Å². The molecule has 9 heteroatoms. The summed E-state index contributed by atoms with van der Waals surface area (Å²) in [5, 5.41) is 3.74. The summed E-state index contributed by atoms with van der Waals surface area (Å²) in [5.41, 5.74) is 8.39. The van der Waals surface area contributed by atoms with Gasteiger partial charge < -0.3 is 14.5 Å². The largest absolute Gasteiger partial charge is 0.494 e. The molecule has 2 N–H and O–H groups in total. The minimum atomic E-state index is -0.384. The van der Waals surface area contributed by atoms with Crippen LogP contribution >= 0.6 is 11.6 Å². The Bertz CT molecular complexity index is 1500. The quantitative estimate of drug-likeness (QED) is 0.286. The highest BCUT2D eigenvalue weighted by atomic mass is 35.5. The van der Waals surface area contributed by atoms with Crippen molar-refractivity contribution in [1.29, 1.82) is 0 Å². The van der Waals surface area contributed by atoms with E-state index in [9.17, 15) is 4.79 Å². The van der Waals surface area contributed by atoms with Crippen LogP contribution in [0, 0.1) is 6.92 Å². The lowest BCUT2D eigenvalue weighted by Gasteiger charge is -2.35. The van der Waals surface area contributed by atoms with Gasteiger partial charge in [0.1, 0.15) is 30.5 Å². The molecule has 0 aliphatic carbocycles. The zero-order chi connectivity index (χ0) is 26.8. The molecule has 1 atom stereocenters. The van der Waals surface area contributed by atoms with Gasteiger partial charge in [0.25, 0.3) is 0 Å². The third-order valence-corrected chi connectivity index (χ3v) is 7.38. The first kappa shape index (κ1) is 25.3. The van der Waals surface area contributed by atoms with E-state index >= 15 is 0 Å². The first-order valence-electron chi connectivity index (χ1n) is 13.1. The minimum Gasteiger partial charge on any atom is -0.494 e. The van der Waals surface area contributed by atoms with Crippen molar-refractivity contribution in [3.05, 3.63) is 94.1 Å². The Kier molecular flexibility index (Phi) is 7.13. The van der Waals surface area contributed by atoms with Gasteiger partial charge in [-0.2, -0.15) is 0 Å². The number of ether oxygens (including phenoxy) is 2. The summed E-state index contributed by atoms with van der Waals surface area (Å²) < 4.78 is 11.8. The first-order valence-corrected chi connectivity index (χ1v) is 13.5. The highest BCUT2D eigenvalue weighted by molar-refractivity contribution is 6.31. The number of aryl methyl sites for hydroxylation is 1. The SMILES string of the molecule is Cc1ccc(OC(=O)N2CCc3c([nH]c4ccc(Cl)cc34)C2c2ccc(OCCCN3C=NCN3)cc2)cc1. The van der Waals surface area contributed by atoms with Gasteiger partial charge in [0.15, 0.2) is 0 Å². The van der Waals surface area contributed by atoms with Crippen LogP contribution < -0.4 is 14.9 Å². The number of hydrazine groups is 1. The standard InChI is InChI=1S/C30H30ClN5O3/c1-20-3-8-24(9-4-20)39-30(37)36-15-13-25-26-17-22(31)7-12-27(26)34-28(25)29(36)21-5-10-23(11-6-21)38-16-2-14-35-19-32-18-33-35/h3-12,17,19,29,33-34H,2,13-16,18H2,1H3. The third-order valence-electron chi connectivity index (χ3n) is 7.14. The number of amides is 1. The fraction of sp³-hybridized carbons (Fsp3) is 0.267. The van der Waals surface area contributed by atoms with Crippen molar-refractivity contribution < 1.29 is 14.3 Å². The number of hydrogen-bond donors (Lipinski definition) is 2. The number of fused-ring (bicyclic) bond motifs is 3. The Morgan fingerprint density at radius 1 is 1.08 bits per heavy atom. The highest BCUT2D eigenvalue weighted by Gasteiger charge is 2.35. The molecule has 3 heterocycles. The number of aromatic nitrogens is 1. The van der Waals surface area contributed by atoms with Crippen LogP contribution in [0.15, 0.2) is 71.7 Å². The predicted octanol–water partition coefficient (Wildman–Crippen LogP) is 5.85. The smallest absolute Gasteiger partial charge is 0.416 e. The lowest BCUT2D eigenvalue weighted by Crippen LogP contribution is -2.42. The molecule has 0 radical (unpaired) electrons. The van der Waals surface area contributed by atoms with Crippen LogP contribution in [0.4, 0.5) is 4.79 Å². The maximum absolute atomic E-state index is 13.5. The molecule has 0 saturated heterocycles. The van der Waals surface area contributed by atoms with Crippen molar-refractivity contribution in [2.24, 2.45) is 4.99 Å². The number of nitrogens with zero attached hydrogens (tertiary/aromatic N) is 3. The van der Waals surface area contributed by atoms with E-state index in [1.165, 1.54) is 5.56 Å². The van der Waals surface area contributed by atoms with E-state index in [-0.39, 0.29) is 12.1 Å². The van der Waals surface area contributed by atoms with Gasteiger partial charge in [0.05, 0.1) is 6.61 Å². The van der Waals surface area contributed by atoms with Gasteiger partial charge in [-0.25, -0.2) is 10.2 Å². The number of hydrogen-bond acceptors (Lipinski definition) is 6. The number of nitrogens with one attached hydrogen (secondary N) is 2. The molecular formula is C30H30ClN5O3. The molecule has 3 aromatic carbocycles. The Hall–Kier alpha value is -4.01. The van der Waals surface area contributed by atoms with E-state index in [2.05, 4.69) is 15.4 Å². The molecule has 39 heavy (non-hydrogen) atoms. The molecule has 1 aromatic heterocycles. The van der Waals surface area contributed by atoms with Crippen LogP contribution in [0.3, 0.4) is 0 Å². The second-order valence-electron chi connectivity index (χ2n) is 9.81. The molecule has 2 aliphatic rings. The van der Waals surface area contributed by atoms with Gasteiger partial charge in [-0.05, 0) is 66.9 Å². The van der Waals surface area contributed by atoms with Gasteiger partial charge in [0.2, 0.25) is 0 Å². The number of H-pyrrole nitrogens is 1. The van der Waals surface area contributed by atoms with Gasteiger partial charge >= 0.3 is 6.09 Å². The van der Waals surface area contributed by atoms with Crippen LogP contribution in [0.25, 0.3) is 10.9 Å². The summed E-state index contributed by atoms with van der Waals surface area (Å²) in [6.45, 7) is 4.58. The Labute approximate surface area is 232 Å². The Balaban J connectivity index is 1.25. The third kappa shape index (κ3) is 5.44. The first-order chi connectivity index (χ1) is 19.0. The topological polar surface area (TPSA) is 82.2 Å². The second kappa shape index (κ2) is 11.0. The highest BCUT2D eigenvalue weighted by Crippen LogP contribution is 2.40. The number of carbonyl (C=O) groups excluding carboxylic acids is 1. The number of aliphatic imine (C=N–C) groups is 1. The van der Waals surface area contributed by atoms with Crippen molar-refractivity contribution >= 4 is 34.9 Å². The summed E-state index contributed by atoms with van der Waals surface area (Å²) >= 11 is 6.33. The van der Waals surface area contributed by atoms with E-state index in [4.69, 9.17) is 21.1 Å². The number of carbonyl (C=O) groups is 1. The Morgan fingerprint density at radius 3 is 2.64 bits per heavy atom. The fourth-order valence-corrected chi connectivity index (χ4v) is 5.36. The summed E-state index contributed by atoms with van der Waals surface area (Å²) in [7, 11) is 0. The summed E-state index contributed by atoms with van der Waals surface area (Å²) in [6, 6.07) is 21.0. The van der Waals surface area contributed by atoms with Crippen molar-refractivity contribution in [2.45, 2.75) is 25.8 Å². The van der Waals surface area contributed by atoms with Crippen molar-refractivity contribution in [3.63, 3.8) is 0 Å². The zero-order valence-electron chi connectivity index (χ0n) is 21.7. The molecule has 6 rings (SSSR count). The van der Waals surface area contributed by atoms with Crippen LogP contribution in [-0.2, 0) is 6.42 Å². The average Bonchev–Trinajstić information content (AvgIpc) is 3.60. The van der Waals surface area contributed by atoms with E-state index in [0.717, 1.165) is 46.4 Å². The lowest BCUT2D eigenvalue weighted by molar-refractivity contribution is 0.135. The molecular weight excluding hydrogens is 514 g/mol. The number of benzene rings is 3. The summed E-state index contributed by atoms with van der Waals surface area (Å²) in [6.07, 6.45) is 2.99. The van der Waals surface area contributed by atoms with Gasteiger partial charge in [0, 0.05) is 41.1 Å². The predicted molar refractivity (Wildman–Crippen MR) is 153 cm³/mol. The molecule has 0 bridgehead atoms. The van der Waals surface area contributed by atoms with E-state index in [1.54, 1.807) is 11.2 Å². The number of halogens is 1. The molecule has 0 fully saturated rings. The summed E-state index contributed by atoms with van der Waals surface area (Å²) in [5.74, 6) is 1.31. The Morgan fingerprint density at radius 2 is 1.87 bits per heavy atom. The molecule has 2 aliphatic heterocycles. The van der Waals surface area contributed by atoms with Crippen molar-refractivity contribution in [3.8, 4) is 11.5 Å². The van der Waals surface area contributed by atoms with E-state index in [0.29, 0.717) is 37.0 Å².